The van der Waals surface area contributed by atoms with Crippen molar-refractivity contribution in [2.45, 2.75) is 45.5 Å². The first-order valence-electron chi connectivity index (χ1n) is 8.49. The number of nitriles is 1. The van der Waals surface area contributed by atoms with Gasteiger partial charge in [0.05, 0.1) is 21.4 Å². The van der Waals surface area contributed by atoms with Crippen LogP contribution in [0.15, 0.2) is 28.9 Å². The quantitative estimate of drug-likeness (QED) is 0.369. The minimum atomic E-state index is -4.45. The van der Waals surface area contributed by atoms with Gasteiger partial charge in [0.2, 0.25) is 0 Å². The van der Waals surface area contributed by atoms with Crippen LogP contribution in [0, 0.1) is 18.3 Å². The van der Waals surface area contributed by atoms with Crippen LogP contribution in [-0.4, -0.2) is 19.2 Å². The van der Waals surface area contributed by atoms with Gasteiger partial charge in [0, 0.05) is 20.2 Å². The molecule has 1 aromatic heterocycles. The molecule has 0 radical (unpaired) electrons. The van der Waals surface area contributed by atoms with Gasteiger partial charge < -0.3 is 9.30 Å². The number of alkyl halides is 3. The molecule has 1 heterocycles. The summed E-state index contributed by atoms with van der Waals surface area (Å²) in [5.74, 6) is 0. The van der Waals surface area contributed by atoms with Gasteiger partial charge in [-0.25, -0.2) is 0 Å². The van der Waals surface area contributed by atoms with Gasteiger partial charge in [-0.05, 0) is 52.7 Å². The standard InChI is InChI=1S/C19H22BrF3N2OSi/c1-13-5-6-15(19(21,22)23)10-16(13)18-14(11-24)9-17(20)25(18)12-26-7-8-27(2,3)4/h5-6,9-10H,7-8,12H2,1-4H3. The number of hydrogen-bond donors (Lipinski definition) is 0. The van der Waals surface area contributed by atoms with Gasteiger partial charge in [0.25, 0.3) is 0 Å². The zero-order chi connectivity index (χ0) is 20.4. The zero-order valence-electron chi connectivity index (χ0n) is 15.7. The summed E-state index contributed by atoms with van der Waals surface area (Å²) in [6, 6.07) is 8.24. The topological polar surface area (TPSA) is 38.0 Å². The molecular weight excluding hydrogens is 437 g/mol. The summed E-state index contributed by atoms with van der Waals surface area (Å²) in [6.07, 6.45) is -4.45. The summed E-state index contributed by atoms with van der Waals surface area (Å²) < 4.78 is 47.6. The molecule has 2 rings (SSSR count). The van der Waals surface area contributed by atoms with Gasteiger partial charge in [-0.15, -0.1) is 0 Å². The van der Waals surface area contributed by atoms with Gasteiger partial charge in [-0.3, -0.25) is 0 Å². The Morgan fingerprint density at radius 2 is 1.89 bits per heavy atom. The van der Waals surface area contributed by atoms with Crippen molar-refractivity contribution in [2.24, 2.45) is 0 Å². The number of aryl methyl sites for hydroxylation is 1. The number of rotatable bonds is 6. The van der Waals surface area contributed by atoms with E-state index in [-0.39, 0.29) is 6.73 Å². The summed E-state index contributed by atoms with van der Waals surface area (Å²) in [5.41, 5.74) is 1.03. The van der Waals surface area contributed by atoms with Crippen LogP contribution < -0.4 is 0 Å². The van der Waals surface area contributed by atoms with Crippen LogP contribution in [0.1, 0.15) is 16.7 Å². The van der Waals surface area contributed by atoms with E-state index in [1.165, 1.54) is 6.07 Å². The second-order valence-electron chi connectivity index (χ2n) is 7.64. The average Bonchev–Trinajstić information content (AvgIpc) is 2.86. The van der Waals surface area contributed by atoms with Crippen LogP contribution in [0.25, 0.3) is 11.3 Å². The minimum absolute atomic E-state index is 0.164. The van der Waals surface area contributed by atoms with Crippen LogP contribution in [0.3, 0.4) is 0 Å². The van der Waals surface area contributed by atoms with E-state index in [2.05, 4.69) is 41.6 Å². The van der Waals surface area contributed by atoms with E-state index in [1.54, 1.807) is 17.6 Å². The Morgan fingerprint density at radius 3 is 2.44 bits per heavy atom. The molecule has 0 aliphatic rings. The first kappa shape index (κ1) is 21.7. The lowest BCUT2D eigenvalue weighted by Gasteiger charge is -2.18. The number of aromatic nitrogens is 1. The summed E-state index contributed by atoms with van der Waals surface area (Å²) in [4.78, 5) is 0. The van der Waals surface area contributed by atoms with E-state index in [1.807, 2.05) is 0 Å². The second kappa shape index (κ2) is 8.21. The highest BCUT2D eigenvalue weighted by Crippen LogP contribution is 2.37. The number of ether oxygens (including phenoxy) is 1. The summed E-state index contributed by atoms with van der Waals surface area (Å²) in [7, 11) is -1.25. The lowest BCUT2D eigenvalue weighted by atomic mass is 10.00. The molecule has 0 fully saturated rings. The van der Waals surface area contributed by atoms with Crippen molar-refractivity contribution in [1.29, 1.82) is 5.26 Å². The van der Waals surface area contributed by atoms with Crippen LogP contribution in [0.2, 0.25) is 25.7 Å². The molecule has 8 heteroatoms. The maximum Gasteiger partial charge on any atom is 0.416 e. The Bertz CT molecular complexity index is 864. The normalized spacial score (nSPS) is 12.3. The molecule has 0 amide bonds. The predicted octanol–water partition coefficient (Wildman–Crippen LogP) is 6.43. The zero-order valence-corrected chi connectivity index (χ0v) is 18.3. The first-order valence-corrected chi connectivity index (χ1v) is 13.0. The Balaban J connectivity index is 2.44. The average molecular weight is 459 g/mol. The lowest BCUT2D eigenvalue weighted by molar-refractivity contribution is -0.137. The molecule has 0 aliphatic heterocycles. The van der Waals surface area contributed by atoms with E-state index in [0.29, 0.717) is 33.6 Å². The first-order chi connectivity index (χ1) is 12.4. The van der Waals surface area contributed by atoms with Crippen LogP contribution in [-0.2, 0) is 17.6 Å². The van der Waals surface area contributed by atoms with Crippen molar-refractivity contribution in [1.82, 2.24) is 4.57 Å². The van der Waals surface area contributed by atoms with Crippen molar-refractivity contribution in [3.8, 4) is 17.3 Å². The molecule has 3 nitrogen and oxygen atoms in total. The van der Waals surface area contributed by atoms with Gasteiger partial charge in [0.15, 0.2) is 0 Å². The number of nitrogens with zero attached hydrogens (tertiary/aromatic N) is 2. The molecule has 2 aromatic rings. The summed E-state index contributed by atoms with van der Waals surface area (Å²) in [5, 5.41) is 9.47. The summed E-state index contributed by atoms with van der Waals surface area (Å²) >= 11 is 3.40. The molecule has 0 N–H and O–H groups in total. The van der Waals surface area contributed by atoms with Crippen LogP contribution in [0.5, 0.6) is 0 Å². The molecule has 0 spiro atoms. The van der Waals surface area contributed by atoms with E-state index in [9.17, 15) is 18.4 Å². The molecule has 27 heavy (non-hydrogen) atoms. The fraction of sp³-hybridized carbons (Fsp3) is 0.421. The molecule has 0 saturated heterocycles. The maximum absolute atomic E-state index is 13.2. The minimum Gasteiger partial charge on any atom is -0.361 e. The van der Waals surface area contributed by atoms with E-state index in [0.717, 1.165) is 18.2 Å². The van der Waals surface area contributed by atoms with E-state index >= 15 is 0 Å². The van der Waals surface area contributed by atoms with Crippen LogP contribution >= 0.6 is 15.9 Å². The summed E-state index contributed by atoms with van der Waals surface area (Å²) in [6.45, 7) is 9.20. The molecule has 0 atom stereocenters. The maximum atomic E-state index is 13.2. The van der Waals surface area contributed by atoms with Gasteiger partial charge >= 0.3 is 6.18 Å². The molecule has 1 aromatic carbocycles. The highest BCUT2D eigenvalue weighted by molar-refractivity contribution is 9.10. The molecule has 0 saturated carbocycles. The fourth-order valence-electron chi connectivity index (χ4n) is 2.61. The highest BCUT2D eigenvalue weighted by Gasteiger charge is 2.31. The Morgan fingerprint density at radius 1 is 1.22 bits per heavy atom. The van der Waals surface area contributed by atoms with Gasteiger partial charge in [0.1, 0.15) is 12.8 Å². The monoisotopic (exact) mass is 458 g/mol. The smallest absolute Gasteiger partial charge is 0.361 e. The van der Waals surface area contributed by atoms with E-state index < -0.39 is 19.8 Å². The third-order valence-electron chi connectivity index (χ3n) is 4.20. The largest absolute Gasteiger partial charge is 0.416 e. The van der Waals surface area contributed by atoms with Crippen molar-refractivity contribution in [3.63, 3.8) is 0 Å². The predicted molar refractivity (Wildman–Crippen MR) is 106 cm³/mol. The molecule has 0 aliphatic carbocycles. The molecule has 146 valence electrons. The van der Waals surface area contributed by atoms with Crippen LogP contribution in [0.4, 0.5) is 13.2 Å². The van der Waals surface area contributed by atoms with Crippen molar-refractivity contribution < 1.29 is 17.9 Å². The van der Waals surface area contributed by atoms with Crippen molar-refractivity contribution in [2.75, 3.05) is 6.61 Å². The molecule has 0 bridgehead atoms. The van der Waals surface area contributed by atoms with Gasteiger partial charge in [-0.2, -0.15) is 18.4 Å². The van der Waals surface area contributed by atoms with Crippen molar-refractivity contribution in [3.05, 3.63) is 45.6 Å². The Hall–Kier alpha value is -1.56. The molecule has 0 unspecified atom stereocenters. The fourth-order valence-corrected chi connectivity index (χ4v) is 3.87. The van der Waals surface area contributed by atoms with Crippen molar-refractivity contribution >= 4 is 24.0 Å². The SMILES string of the molecule is Cc1ccc(C(F)(F)F)cc1-c1c(C#N)cc(Br)n1COCC[Si](C)(C)C. The third kappa shape index (κ3) is 5.47. The molecular formula is C19H22BrF3N2OSi. The number of halogens is 4. The Labute approximate surface area is 166 Å². The van der Waals surface area contributed by atoms with Gasteiger partial charge in [-0.1, -0.05) is 25.7 Å². The Kier molecular flexibility index (Phi) is 6.61. The number of benzene rings is 1. The third-order valence-corrected chi connectivity index (χ3v) is 6.56. The highest BCUT2D eigenvalue weighted by atomic mass is 79.9. The van der Waals surface area contributed by atoms with E-state index in [4.69, 9.17) is 4.74 Å². The second-order valence-corrected chi connectivity index (χ2v) is 14.1. The number of hydrogen-bond acceptors (Lipinski definition) is 2. The lowest BCUT2D eigenvalue weighted by Crippen LogP contribution is -2.22.